The number of nitrogens with zero attached hydrogens (tertiary/aromatic N) is 2. The van der Waals surface area contributed by atoms with Gasteiger partial charge in [-0.3, -0.25) is 0 Å². The SMILES string of the molecule is CC(C)(C)c1nsnc1CCCCO. The summed E-state index contributed by atoms with van der Waals surface area (Å²) in [5.74, 6) is 0. The van der Waals surface area contributed by atoms with Gasteiger partial charge in [-0.15, -0.1) is 0 Å². The molecule has 14 heavy (non-hydrogen) atoms. The summed E-state index contributed by atoms with van der Waals surface area (Å²) in [6, 6.07) is 0. The summed E-state index contributed by atoms with van der Waals surface area (Å²) < 4.78 is 8.64. The molecule has 0 amide bonds. The molecule has 0 aromatic carbocycles. The molecule has 1 N–H and O–H groups in total. The summed E-state index contributed by atoms with van der Waals surface area (Å²) in [5.41, 5.74) is 2.30. The Bertz CT molecular complexity index is 278. The number of aliphatic hydroxyl groups is 1. The van der Waals surface area contributed by atoms with Crippen molar-refractivity contribution in [1.82, 2.24) is 8.75 Å². The van der Waals surface area contributed by atoms with E-state index in [1.54, 1.807) is 0 Å². The number of hydrogen-bond donors (Lipinski definition) is 1. The zero-order valence-corrected chi connectivity index (χ0v) is 9.89. The van der Waals surface area contributed by atoms with Gasteiger partial charge in [0, 0.05) is 12.0 Å². The van der Waals surface area contributed by atoms with Gasteiger partial charge < -0.3 is 5.11 Å². The van der Waals surface area contributed by atoms with Gasteiger partial charge in [0.1, 0.15) is 0 Å². The number of unbranched alkanes of at least 4 members (excludes halogenated alkanes) is 1. The lowest BCUT2D eigenvalue weighted by molar-refractivity contribution is 0.284. The summed E-state index contributed by atoms with van der Waals surface area (Å²) in [7, 11) is 0. The normalized spacial score (nSPS) is 12.0. The van der Waals surface area contributed by atoms with E-state index >= 15 is 0 Å². The van der Waals surface area contributed by atoms with Gasteiger partial charge in [-0.2, -0.15) is 8.75 Å². The Hall–Kier alpha value is -0.480. The third-order valence-corrected chi connectivity index (χ3v) is 2.65. The highest BCUT2D eigenvalue weighted by molar-refractivity contribution is 6.99. The Morgan fingerprint density at radius 1 is 1.21 bits per heavy atom. The van der Waals surface area contributed by atoms with E-state index in [1.807, 2.05) is 0 Å². The highest BCUT2D eigenvalue weighted by Gasteiger charge is 2.21. The predicted molar refractivity (Wildman–Crippen MR) is 58.6 cm³/mol. The van der Waals surface area contributed by atoms with E-state index < -0.39 is 0 Å². The van der Waals surface area contributed by atoms with Crippen LogP contribution >= 0.6 is 11.7 Å². The van der Waals surface area contributed by atoms with Crippen LogP contribution in [-0.2, 0) is 11.8 Å². The standard InChI is InChI=1S/C10H18N2OS/c1-10(2,3)9-8(11-14-12-9)6-4-5-7-13/h13H,4-7H2,1-3H3. The fraction of sp³-hybridized carbons (Fsp3) is 0.800. The second kappa shape index (κ2) is 4.84. The van der Waals surface area contributed by atoms with Gasteiger partial charge in [-0.1, -0.05) is 20.8 Å². The Morgan fingerprint density at radius 3 is 2.50 bits per heavy atom. The topological polar surface area (TPSA) is 46.0 Å². The zero-order chi connectivity index (χ0) is 10.6. The van der Waals surface area contributed by atoms with E-state index in [2.05, 4.69) is 29.5 Å². The molecule has 1 aromatic rings. The Labute approximate surface area is 89.5 Å². The molecule has 0 bridgehead atoms. The zero-order valence-electron chi connectivity index (χ0n) is 9.08. The largest absolute Gasteiger partial charge is 0.396 e. The van der Waals surface area contributed by atoms with Crippen LogP contribution in [0.1, 0.15) is 45.0 Å². The molecule has 0 spiro atoms. The van der Waals surface area contributed by atoms with Gasteiger partial charge in [0.2, 0.25) is 0 Å². The van der Waals surface area contributed by atoms with Gasteiger partial charge in [0.05, 0.1) is 23.1 Å². The second-order valence-corrected chi connectivity index (χ2v) is 5.02. The molecule has 0 aliphatic heterocycles. The van der Waals surface area contributed by atoms with E-state index in [0.29, 0.717) is 0 Å². The van der Waals surface area contributed by atoms with Crippen LogP contribution in [0.4, 0.5) is 0 Å². The molecule has 0 aliphatic rings. The van der Waals surface area contributed by atoms with Crippen LogP contribution in [0, 0.1) is 0 Å². The van der Waals surface area contributed by atoms with E-state index in [4.69, 9.17) is 5.11 Å². The summed E-state index contributed by atoms with van der Waals surface area (Å²) >= 11 is 1.29. The molecule has 1 heterocycles. The fourth-order valence-corrected chi connectivity index (χ4v) is 2.12. The van der Waals surface area contributed by atoms with Gasteiger partial charge in [-0.05, 0) is 19.3 Å². The molecule has 3 nitrogen and oxygen atoms in total. The molecular formula is C10H18N2OS. The number of hydrogen-bond acceptors (Lipinski definition) is 4. The molecule has 0 aliphatic carbocycles. The Kier molecular flexibility index (Phi) is 4.01. The molecular weight excluding hydrogens is 196 g/mol. The van der Waals surface area contributed by atoms with Crippen LogP contribution in [0.25, 0.3) is 0 Å². The second-order valence-electron chi connectivity index (χ2n) is 4.49. The van der Waals surface area contributed by atoms with Crippen molar-refractivity contribution in [2.45, 2.75) is 45.4 Å². The van der Waals surface area contributed by atoms with Gasteiger partial charge in [0.25, 0.3) is 0 Å². The first-order chi connectivity index (χ1) is 6.55. The molecule has 1 aromatic heterocycles. The highest BCUT2D eigenvalue weighted by atomic mass is 32.1. The molecule has 0 fully saturated rings. The maximum atomic E-state index is 8.69. The molecule has 1 rings (SSSR count). The third-order valence-electron chi connectivity index (χ3n) is 2.09. The lowest BCUT2D eigenvalue weighted by atomic mass is 9.90. The van der Waals surface area contributed by atoms with E-state index in [1.165, 1.54) is 11.7 Å². The summed E-state index contributed by atoms with van der Waals surface area (Å²) in [4.78, 5) is 0. The Balaban J connectivity index is 2.63. The van der Waals surface area contributed by atoms with Gasteiger partial charge >= 0.3 is 0 Å². The highest BCUT2D eigenvalue weighted by Crippen LogP contribution is 2.24. The maximum Gasteiger partial charge on any atom is 0.0828 e. The minimum Gasteiger partial charge on any atom is -0.396 e. The van der Waals surface area contributed by atoms with Crippen molar-refractivity contribution < 1.29 is 5.11 Å². The molecule has 0 atom stereocenters. The maximum absolute atomic E-state index is 8.69. The molecule has 0 saturated heterocycles. The average Bonchev–Trinajstić information content (AvgIpc) is 2.52. The molecule has 0 radical (unpaired) electrons. The van der Waals surface area contributed by atoms with Gasteiger partial charge in [0.15, 0.2) is 0 Å². The molecule has 80 valence electrons. The summed E-state index contributed by atoms with van der Waals surface area (Å²) in [6.07, 6.45) is 2.77. The number of rotatable bonds is 4. The monoisotopic (exact) mass is 214 g/mol. The van der Waals surface area contributed by atoms with Crippen LogP contribution in [-0.4, -0.2) is 20.5 Å². The number of aryl methyl sites for hydroxylation is 1. The lowest BCUT2D eigenvalue weighted by Gasteiger charge is -2.16. The third kappa shape index (κ3) is 3.03. The van der Waals surface area contributed by atoms with Crippen LogP contribution in [0.2, 0.25) is 0 Å². The first-order valence-corrected chi connectivity index (χ1v) is 5.71. The first kappa shape index (κ1) is 11.6. The smallest absolute Gasteiger partial charge is 0.0828 e. The average molecular weight is 214 g/mol. The van der Waals surface area contributed by atoms with E-state index in [9.17, 15) is 0 Å². The van der Waals surface area contributed by atoms with Crippen molar-refractivity contribution in [3.8, 4) is 0 Å². The van der Waals surface area contributed by atoms with Crippen LogP contribution in [0.5, 0.6) is 0 Å². The summed E-state index contributed by atoms with van der Waals surface area (Å²) in [6.45, 7) is 6.72. The quantitative estimate of drug-likeness (QED) is 0.781. The Morgan fingerprint density at radius 2 is 1.93 bits per heavy atom. The van der Waals surface area contributed by atoms with Gasteiger partial charge in [-0.25, -0.2) is 0 Å². The number of aromatic nitrogens is 2. The molecule has 4 heteroatoms. The van der Waals surface area contributed by atoms with Crippen molar-refractivity contribution in [2.75, 3.05) is 6.61 Å². The van der Waals surface area contributed by atoms with E-state index in [0.717, 1.165) is 30.7 Å². The van der Waals surface area contributed by atoms with E-state index in [-0.39, 0.29) is 12.0 Å². The van der Waals surface area contributed by atoms with Crippen molar-refractivity contribution in [3.05, 3.63) is 11.4 Å². The van der Waals surface area contributed by atoms with Crippen LogP contribution in [0.15, 0.2) is 0 Å². The molecule has 0 unspecified atom stereocenters. The van der Waals surface area contributed by atoms with Crippen molar-refractivity contribution in [2.24, 2.45) is 0 Å². The van der Waals surface area contributed by atoms with Crippen molar-refractivity contribution in [1.29, 1.82) is 0 Å². The predicted octanol–water partition coefficient (Wildman–Crippen LogP) is 2.15. The minimum absolute atomic E-state index is 0.0849. The lowest BCUT2D eigenvalue weighted by Crippen LogP contribution is -2.14. The first-order valence-electron chi connectivity index (χ1n) is 4.98. The molecule has 0 saturated carbocycles. The van der Waals surface area contributed by atoms with Crippen molar-refractivity contribution in [3.63, 3.8) is 0 Å². The fourth-order valence-electron chi connectivity index (χ4n) is 1.34. The minimum atomic E-state index is 0.0849. The van der Waals surface area contributed by atoms with Crippen molar-refractivity contribution >= 4 is 11.7 Å². The summed E-state index contributed by atoms with van der Waals surface area (Å²) in [5, 5.41) is 8.69. The van der Waals surface area contributed by atoms with Crippen LogP contribution < -0.4 is 0 Å². The van der Waals surface area contributed by atoms with Crippen LogP contribution in [0.3, 0.4) is 0 Å². The number of aliphatic hydroxyl groups excluding tert-OH is 1.